The zero-order valence-electron chi connectivity index (χ0n) is 15.2. The number of fused-ring (bicyclic) bond motifs is 1. The van der Waals surface area contributed by atoms with Gasteiger partial charge < -0.3 is 14.2 Å². The summed E-state index contributed by atoms with van der Waals surface area (Å²) in [4.78, 5) is 2.97. The molecule has 1 aliphatic heterocycles. The van der Waals surface area contributed by atoms with Crippen molar-refractivity contribution in [2.45, 2.75) is 32.6 Å². The Balaban J connectivity index is 2.23. The van der Waals surface area contributed by atoms with Gasteiger partial charge in [0.05, 0.1) is 37.9 Å². The summed E-state index contributed by atoms with van der Waals surface area (Å²) in [5.74, 6) is -1.17. The number of nitrogens with one attached hydrogen (secondary N) is 1. The molecule has 3 rings (SSSR count). The van der Waals surface area contributed by atoms with Gasteiger partial charge in [-0.15, -0.1) is 0 Å². The normalized spacial score (nSPS) is 30.7. The van der Waals surface area contributed by atoms with E-state index < -0.39 is 22.7 Å². The van der Waals surface area contributed by atoms with Crippen LogP contribution in [0.25, 0.3) is 0 Å². The molecule has 3 atom stereocenters. The van der Waals surface area contributed by atoms with Gasteiger partial charge in [-0.25, -0.2) is 4.99 Å². The Kier molecular flexibility index (Phi) is 4.39. The Labute approximate surface area is 153 Å². The van der Waals surface area contributed by atoms with E-state index in [0.717, 1.165) is 5.56 Å². The molecule has 1 aromatic rings. The van der Waals surface area contributed by atoms with E-state index >= 15 is 0 Å². The highest BCUT2D eigenvalue weighted by molar-refractivity contribution is 5.95. The lowest BCUT2D eigenvalue weighted by Gasteiger charge is -2.29. The summed E-state index contributed by atoms with van der Waals surface area (Å²) in [5, 5.41) is 20.3. The van der Waals surface area contributed by atoms with Crippen LogP contribution in [0.2, 0.25) is 0 Å². The monoisotopic (exact) mass is 355 g/mol. The molecule has 136 valence electrons. The summed E-state index contributed by atoms with van der Waals surface area (Å²) in [6, 6.07) is 12.0. The molecule has 0 bridgehead atoms. The second kappa shape index (κ2) is 6.28. The first-order valence-corrected chi connectivity index (χ1v) is 8.78. The van der Waals surface area contributed by atoms with Gasteiger partial charge in [-0.3, -0.25) is 5.73 Å². The van der Waals surface area contributed by atoms with Gasteiger partial charge in [0.1, 0.15) is 5.75 Å². The van der Waals surface area contributed by atoms with E-state index in [0.29, 0.717) is 25.6 Å². The zero-order valence-corrected chi connectivity index (χ0v) is 15.2. The molecule has 0 unspecified atom stereocenters. The first-order chi connectivity index (χ1) is 12.5. The minimum Gasteiger partial charge on any atom is -0.494 e. The largest absolute Gasteiger partial charge is 0.494 e. The Morgan fingerprint density at radius 1 is 1.08 bits per heavy atom. The fourth-order valence-electron chi connectivity index (χ4n) is 4.33. The summed E-state index contributed by atoms with van der Waals surface area (Å²) < 4.78 is 17.5. The molecule has 0 radical (unpaired) electrons. The van der Waals surface area contributed by atoms with Crippen molar-refractivity contribution in [1.29, 1.82) is 10.5 Å². The summed E-state index contributed by atoms with van der Waals surface area (Å²) >= 11 is 0. The number of hydrogen-bond donors (Lipinski definition) is 2. The third-order valence-electron chi connectivity index (χ3n) is 5.23. The lowest BCUT2D eigenvalue weighted by molar-refractivity contribution is -0.693. The second-order valence-corrected chi connectivity index (χ2v) is 6.26. The molecule has 1 fully saturated rings. The van der Waals surface area contributed by atoms with Crippen LogP contribution in [0.1, 0.15) is 32.3 Å². The van der Waals surface area contributed by atoms with Crippen molar-refractivity contribution in [3.05, 3.63) is 29.8 Å². The molecular weight excluding hydrogens is 332 g/mol. The van der Waals surface area contributed by atoms with Crippen LogP contribution in [-0.4, -0.2) is 31.6 Å². The van der Waals surface area contributed by atoms with E-state index in [-0.39, 0.29) is 5.84 Å². The standard InChI is InChI=1S/C19H22N4O3/c1-4-24-14-10-8-7-9-13(14)15-17(11-20)16(22)23-19(25-5-2,26-6-3)18(15,17)12-21/h7-10,15H,4-6H2,1-3H3,(H2,22,23)/p+1/t15-,17+,18+/m0/s1. The predicted octanol–water partition coefficient (Wildman–Crippen LogP) is 0.381. The van der Waals surface area contributed by atoms with Crippen molar-refractivity contribution < 1.29 is 19.2 Å². The molecule has 0 saturated heterocycles. The predicted molar refractivity (Wildman–Crippen MR) is 92.6 cm³/mol. The van der Waals surface area contributed by atoms with E-state index in [1.165, 1.54) is 0 Å². The van der Waals surface area contributed by atoms with Gasteiger partial charge in [-0.2, -0.15) is 10.5 Å². The summed E-state index contributed by atoms with van der Waals surface area (Å²) in [6.45, 7) is 6.57. The number of rotatable bonds is 7. The van der Waals surface area contributed by atoms with Gasteiger partial charge in [0.2, 0.25) is 0 Å². The van der Waals surface area contributed by atoms with Crippen LogP contribution in [0.5, 0.6) is 5.75 Å². The molecule has 7 heteroatoms. The number of ether oxygens (including phenoxy) is 3. The minimum atomic E-state index is -1.48. The highest BCUT2D eigenvalue weighted by atomic mass is 16.7. The lowest BCUT2D eigenvalue weighted by atomic mass is 9.93. The zero-order chi connectivity index (χ0) is 19.0. The Bertz CT molecular complexity index is 819. The number of nitriles is 2. The van der Waals surface area contributed by atoms with E-state index in [9.17, 15) is 10.5 Å². The average molecular weight is 355 g/mol. The molecule has 1 aromatic carbocycles. The van der Waals surface area contributed by atoms with Gasteiger partial charge in [0.15, 0.2) is 10.8 Å². The molecule has 0 amide bonds. The van der Waals surface area contributed by atoms with Gasteiger partial charge in [0.25, 0.3) is 5.84 Å². The molecule has 1 saturated carbocycles. The van der Waals surface area contributed by atoms with Crippen LogP contribution in [0.15, 0.2) is 24.3 Å². The number of nitrogens with zero attached hydrogens (tertiary/aromatic N) is 2. The van der Waals surface area contributed by atoms with Gasteiger partial charge in [-0.1, -0.05) is 18.2 Å². The van der Waals surface area contributed by atoms with Crippen LogP contribution in [-0.2, 0) is 9.47 Å². The molecular formula is C19H23N4O3+. The third kappa shape index (κ3) is 1.90. The highest BCUT2D eigenvalue weighted by Gasteiger charge is 2.97. The lowest BCUT2D eigenvalue weighted by Crippen LogP contribution is -2.91. The molecule has 2 aliphatic rings. The van der Waals surface area contributed by atoms with Crippen molar-refractivity contribution >= 4 is 5.84 Å². The maximum atomic E-state index is 10.2. The summed E-state index contributed by atoms with van der Waals surface area (Å²) in [6.07, 6.45) is 0. The van der Waals surface area contributed by atoms with Crippen molar-refractivity contribution in [2.75, 3.05) is 19.8 Å². The van der Waals surface area contributed by atoms with E-state index in [1.807, 2.05) is 45.0 Å². The molecule has 1 aliphatic carbocycles. The maximum Gasteiger partial charge on any atom is 0.343 e. The second-order valence-electron chi connectivity index (χ2n) is 6.26. The van der Waals surface area contributed by atoms with Crippen LogP contribution < -0.4 is 15.5 Å². The quantitative estimate of drug-likeness (QED) is 0.683. The van der Waals surface area contributed by atoms with Crippen molar-refractivity contribution in [3.63, 3.8) is 0 Å². The van der Waals surface area contributed by atoms with Crippen LogP contribution in [0.4, 0.5) is 0 Å². The van der Waals surface area contributed by atoms with Gasteiger partial charge in [0, 0.05) is 5.56 Å². The van der Waals surface area contributed by atoms with Crippen LogP contribution in [0, 0.1) is 33.5 Å². The fraction of sp³-hybridized carbons (Fsp3) is 0.526. The summed E-state index contributed by atoms with van der Waals surface area (Å²) in [5.41, 5.74) is 4.44. The topological polar surface area (TPSA) is 115 Å². The van der Waals surface area contributed by atoms with Crippen LogP contribution >= 0.6 is 0 Å². The Hall–Kier alpha value is -2.61. The van der Waals surface area contributed by atoms with Crippen molar-refractivity contribution in [2.24, 2.45) is 16.6 Å². The Morgan fingerprint density at radius 2 is 1.73 bits per heavy atom. The van der Waals surface area contributed by atoms with E-state index in [1.54, 1.807) is 0 Å². The molecule has 7 nitrogen and oxygen atoms in total. The third-order valence-corrected chi connectivity index (χ3v) is 5.23. The van der Waals surface area contributed by atoms with E-state index in [4.69, 9.17) is 19.9 Å². The molecule has 0 spiro atoms. The molecule has 3 N–H and O–H groups in total. The minimum absolute atomic E-state index is 0.194. The average Bonchev–Trinajstić information content (AvgIpc) is 3.21. The first-order valence-electron chi connectivity index (χ1n) is 8.78. The molecule has 26 heavy (non-hydrogen) atoms. The van der Waals surface area contributed by atoms with Gasteiger partial charge >= 0.3 is 5.91 Å². The Morgan fingerprint density at radius 3 is 2.27 bits per heavy atom. The maximum absolute atomic E-state index is 10.2. The van der Waals surface area contributed by atoms with Crippen molar-refractivity contribution in [3.8, 4) is 17.9 Å². The summed E-state index contributed by atoms with van der Waals surface area (Å²) in [7, 11) is 0. The SMILES string of the molecule is CCOc1ccccc1[C@H]1[C@]2(C#N)C(N)=[NH+]C(OCC)(OCC)[C@]12C#N. The first kappa shape index (κ1) is 18.2. The number of hydrogen-bond acceptors (Lipinski definition) is 6. The number of para-hydroxylation sites is 1. The van der Waals surface area contributed by atoms with E-state index in [2.05, 4.69) is 17.1 Å². The smallest absolute Gasteiger partial charge is 0.343 e. The van der Waals surface area contributed by atoms with Crippen molar-refractivity contribution in [1.82, 2.24) is 0 Å². The highest BCUT2D eigenvalue weighted by Crippen LogP contribution is 2.79. The molecule has 1 heterocycles. The van der Waals surface area contributed by atoms with Gasteiger partial charge in [-0.05, 0) is 26.8 Å². The van der Waals surface area contributed by atoms with Crippen LogP contribution in [0.3, 0.4) is 0 Å². The molecule has 0 aromatic heterocycles. The number of amidine groups is 1. The fourth-order valence-corrected chi connectivity index (χ4v) is 4.33. The number of nitrogens with two attached hydrogens (primary N) is 1. The number of benzene rings is 1.